The second-order valence-electron chi connectivity index (χ2n) is 6.26. The third kappa shape index (κ3) is 3.22. The maximum Gasteiger partial charge on any atom is 0.238 e. The summed E-state index contributed by atoms with van der Waals surface area (Å²) in [6, 6.07) is 1.10. The van der Waals surface area contributed by atoms with Crippen LogP contribution in [-0.4, -0.2) is 67.1 Å². The average molecular weight is 254 g/mol. The van der Waals surface area contributed by atoms with Crippen LogP contribution in [0.25, 0.3) is 0 Å². The van der Waals surface area contributed by atoms with E-state index in [1.807, 2.05) is 6.92 Å². The molecule has 1 aliphatic carbocycles. The van der Waals surface area contributed by atoms with Crippen LogP contribution in [0.15, 0.2) is 0 Å². The Morgan fingerprint density at radius 1 is 1.44 bits per heavy atom. The van der Waals surface area contributed by atoms with Crippen molar-refractivity contribution in [3.05, 3.63) is 0 Å². The largest absolute Gasteiger partial charge is 0.368 e. The molecule has 0 radical (unpaired) electrons. The van der Waals surface area contributed by atoms with Gasteiger partial charge in [0.15, 0.2) is 0 Å². The first-order chi connectivity index (χ1) is 8.40. The molecule has 1 amide bonds. The Morgan fingerprint density at radius 3 is 2.56 bits per heavy atom. The van der Waals surface area contributed by atoms with E-state index in [1.54, 1.807) is 0 Å². The molecular weight excluding hydrogens is 228 g/mol. The van der Waals surface area contributed by atoms with Gasteiger partial charge in [0, 0.05) is 25.2 Å². The molecule has 5 nitrogen and oxygen atoms in total. The van der Waals surface area contributed by atoms with E-state index in [-0.39, 0.29) is 5.91 Å². The van der Waals surface area contributed by atoms with Crippen molar-refractivity contribution in [1.82, 2.24) is 15.1 Å². The highest BCUT2D eigenvalue weighted by Gasteiger charge is 2.39. The van der Waals surface area contributed by atoms with Gasteiger partial charge in [-0.15, -0.1) is 0 Å². The summed E-state index contributed by atoms with van der Waals surface area (Å²) >= 11 is 0. The van der Waals surface area contributed by atoms with E-state index in [4.69, 9.17) is 5.73 Å². The number of likely N-dealkylation sites (tertiary alicyclic amines) is 1. The van der Waals surface area contributed by atoms with Crippen molar-refractivity contribution in [1.29, 1.82) is 0 Å². The molecule has 2 rings (SSSR count). The van der Waals surface area contributed by atoms with Gasteiger partial charge < -0.3 is 10.6 Å². The van der Waals surface area contributed by atoms with Crippen LogP contribution < -0.4 is 11.1 Å². The monoisotopic (exact) mass is 254 g/mol. The predicted octanol–water partition coefficient (Wildman–Crippen LogP) is -0.382. The van der Waals surface area contributed by atoms with Crippen LogP contribution in [-0.2, 0) is 4.79 Å². The Hall–Kier alpha value is -0.650. The van der Waals surface area contributed by atoms with E-state index in [0.29, 0.717) is 12.1 Å². The molecule has 1 saturated heterocycles. The molecule has 1 aliphatic heterocycles. The minimum absolute atomic E-state index is 0.234. The summed E-state index contributed by atoms with van der Waals surface area (Å²) in [6.45, 7) is 4.75. The van der Waals surface area contributed by atoms with E-state index in [2.05, 4.69) is 29.2 Å². The van der Waals surface area contributed by atoms with Gasteiger partial charge in [-0.2, -0.15) is 0 Å². The topological polar surface area (TPSA) is 61.6 Å². The fourth-order valence-electron chi connectivity index (χ4n) is 2.70. The van der Waals surface area contributed by atoms with E-state index in [0.717, 1.165) is 19.6 Å². The van der Waals surface area contributed by atoms with Crippen LogP contribution in [0.2, 0.25) is 0 Å². The molecule has 2 unspecified atom stereocenters. The molecule has 0 aromatic heterocycles. The third-order valence-electron chi connectivity index (χ3n) is 4.16. The van der Waals surface area contributed by atoms with Gasteiger partial charge in [-0.05, 0) is 46.8 Å². The molecule has 5 heteroatoms. The maximum absolute atomic E-state index is 11.7. The van der Waals surface area contributed by atoms with Crippen LogP contribution >= 0.6 is 0 Å². The van der Waals surface area contributed by atoms with Crippen LogP contribution in [0.1, 0.15) is 26.2 Å². The summed E-state index contributed by atoms with van der Waals surface area (Å²) in [6.07, 6.45) is 3.51. The van der Waals surface area contributed by atoms with Gasteiger partial charge in [-0.1, -0.05) is 0 Å². The van der Waals surface area contributed by atoms with Gasteiger partial charge in [0.05, 0.1) is 0 Å². The summed E-state index contributed by atoms with van der Waals surface area (Å²) in [4.78, 5) is 16.3. The van der Waals surface area contributed by atoms with Gasteiger partial charge in [-0.25, -0.2) is 0 Å². The number of nitrogens with one attached hydrogen (secondary N) is 1. The lowest BCUT2D eigenvalue weighted by Gasteiger charge is -2.32. The lowest BCUT2D eigenvalue weighted by Crippen LogP contribution is -2.60. The highest BCUT2D eigenvalue weighted by Crippen LogP contribution is 2.24. The normalized spacial score (nSPS) is 28.6. The highest BCUT2D eigenvalue weighted by molar-refractivity contribution is 5.84. The number of carbonyl (C=O) groups excluding carboxylic acids is 1. The van der Waals surface area contributed by atoms with E-state index in [9.17, 15) is 4.79 Å². The van der Waals surface area contributed by atoms with Crippen molar-refractivity contribution < 1.29 is 4.79 Å². The number of rotatable bonds is 6. The predicted molar refractivity (Wildman–Crippen MR) is 72.3 cm³/mol. The minimum atomic E-state index is -0.581. The number of hydrogen-bond donors (Lipinski definition) is 2. The van der Waals surface area contributed by atoms with Crippen LogP contribution in [0.3, 0.4) is 0 Å². The highest BCUT2D eigenvalue weighted by atomic mass is 16.1. The molecule has 18 heavy (non-hydrogen) atoms. The Kier molecular flexibility index (Phi) is 3.94. The molecule has 0 spiro atoms. The summed E-state index contributed by atoms with van der Waals surface area (Å²) in [7, 11) is 4.23. The van der Waals surface area contributed by atoms with Crippen molar-refractivity contribution in [2.24, 2.45) is 5.73 Å². The number of nitrogens with two attached hydrogens (primary N) is 1. The smallest absolute Gasteiger partial charge is 0.238 e. The van der Waals surface area contributed by atoms with E-state index in [1.165, 1.54) is 19.3 Å². The van der Waals surface area contributed by atoms with Crippen molar-refractivity contribution in [2.45, 2.75) is 43.8 Å². The number of primary amides is 1. The quantitative estimate of drug-likeness (QED) is 0.678. The van der Waals surface area contributed by atoms with Gasteiger partial charge in [0.2, 0.25) is 5.91 Å². The second kappa shape index (κ2) is 5.15. The first kappa shape index (κ1) is 13.8. The second-order valence-corrected chi connectivity index (χ2v) is 6.26. The standard InChI is InChI=1S/C13H26N4O/c1-13(12(14)18,15-10-4-5-10)9-17-7-6-11(8-17)16(2)3/h10-11,15H,4-9H2,1-3H3,(H2,14,18). The molecule has 2 fully saturated rings. The molecule has 0 aromatic carbocycles. The fourth-order valence-corrected chi connectivity index (χ4v) is 2.70. The third-order valence-corrected chi connectivity index (χ3v) is 4.16. The molecule has 3 N–H and O–H groups in total. The van der Waals surface area contributed by atoms with Crippen molar-refractivity contribution in [2.75, 3.05) is 33.7 Å². The fraction of sp³-hybridized carbons (Fsp3) is 0.923. The number of nitrogens with zero attached hydrogens (tertiary/aromatic N) is 2. The van der Waals surface area contributed by atoms with Crippen LogP contribution in [0.4, 0.5) is 0 Å². The molecule has 0 bridgehead atoms. The Labute approximate surface area is 110 Å². The van der Waals surface area contributed by atoms with E-state index < -0.39 is 5.54 Å². The van der Waals surface area contributed by atoms with Crippen LogP contribution in [0.5, 0.6) is 0 Å². The Morgan fingerprint density at radius 2 is 2.11 bits per heavy atom. The molecular formula is C13H26N4O. The summed E-state index contributed by atoms with van der Waals surface area (Å²) in [5.41, 5.74) is 5.00. The van der Waals surface area contributed by atoms with Crippen molar-refractivity contribution >= 4 is 5.91 Å². The SMILES string of the molecule is CN(C)C1CCN(CC(C)(NC2CC2)C(N)=O)C1. The van der Waals surface area contributed by atoms with E-state index >= 15 is 0 Å². The molecule has 2 aliphatic rings. The van der Waals surface area contributed by atoms with Crippen molar-refractivity contribution in [3.63, 3.8) is 0 Å². The molecule has 1 heterocycles. The maximum atomic E-state index is 11.7. The zero-order valence-electron chi connectivity index (χ0n) is 11.8. The summed E-state index contributed by atoms with van der Waals surface area (Å²) < 4.78 is 0. The number of likely N-dealkylation sites (N-methyl/N-ethyl adjacent to an activating group) is 1. The Balaban J connectivity index is 1.91. The molecule has 104 valence electrons. The van der Waals surface area contributed by atoms with Crippen LogP contribution in [0, 0.1) is 0 Å². The number of hydrogen-bond acceptors (Lipinski definition) is 4. The van der Waals surface area contributed by atoms with Gasteiger partial charge in [0.1, 0.15) is 5.54 Å². The van der Waals surface area contributed by atoms with Crippen molar-refractivity contribution in [3.8, 4) is 0 Å². The molecule has 2 atom stereocenters. The Bertz CT molecular complexity index is 316. The molecule has 1 saturated carbocycles. The lowest BCUT2D eigenvalue weighted by atomic mass is 10.0. The average Bonchev–Trinajstić information content (AvgIpc) is 2.94. The summed E-state index contributed by atoms with van der Waals surface area (Å²) in [5.74, 6) is -0.234. The zero-order chi connectivity index (χ0) is 13.3. The summed E-state index contributed by atoms with van der Waals surface area (Å²) in [5, 5.41) is 3.41. The first-order valence-corrected chi connectivity index (χ1v) is 6.87. The van der Waals surface area contributed by atoms with Gasteiger partial charge in [0.25, 0.3) is 0 Å². The zero-order valence-corrected chi connectivity index (χ0v) is 11.8. The number of carbonyl (C=O) groups is 1. The lowest BCUT2D eigenvalue weighted by molar-refractivity contribution is -0.124. The first-order valence-electron chi connectivity index (χ1n) is 6.87. The molecule has 0 aromatic rings. The minimum Gasteiger partial charge on any atom is -0.368 e. The number of amides is 1. The van der Waals surface area contributed by atoms with Gasteiger partial charge in [-0.3, -0.25) is 15.0 Å². The van der Waals surface area contributed by atoms with Gasteiger partial charge >= 0.3 is 0 Å².